The average molecular weight is 547 g/mol. The van der Waals surface area contributed by atoms with Gasteiger partial charge in [0.05, 0.1) is 12.1 Å². The van der Waals surface area contributed by atoms with Crippen molar-refractivity contribution in [3.05, 3.63) is 87.8 Å². The molecule has 198 valence electrons. The smallest absolute Gasteiger partial charge is 0.266 e. The van der Waals surface area contributed by atoms with Gasteiger partial charge in [-0.1, -0.05) is 67.1 Å². The number of nitrogens with one attached hydrogen (secondary N) is 1. The third-order valence-corrected chi connectivity index (χ3v) is 9.52. The van der Waals surface area contributed by atoms with E-state index in [4.69, 9.17) is 16.3 Å². The quantitative estimate of drug-likeness (QED) is 0.244. The highest BCUT2D eigenvalue weighted by molar-refractivity contribution is 7.21. The predicted octanol–water partition coefficient (Wildman–Crippen LogP) is 7.97. The van der Waals surface area contributed by atoms with Crippen LogP contribution in [0.25, 0.3) is 21.2 Å². The Morgan fingerprint density at radius 2 is 1.74 bits per heavy atom. The van der Waals surface area contributed by atoms with Gasteiger partial charge in [0.25, 0.3) is 5.91 Å². The number of halogens is 1. The van der Waals surface area contributed by atoms with E-state index >= 15 is 0 Å². The normalized spacial score (nSPS) is 17.5. The Hall–Kier alpha value is -2.86. The highest BCUT2D eigenvalue weighted by Gasteiger charge is 2.32. The Kier molecular flexibility index (Phi) is 8.37. The third kappa shape index (κ3) is 5.47. The number of aryl methyl sites for hydroxylation is 1. The lowest BCUT2D eigenvalue weighted by atomic mass is 9.89. The molecule has 0 radical (unpaired) electrons. The summed E-state index contributed by atoms with van der Waals surface area (Å²) >= 11 is 8.29. The number of rotatable bonds is 8. The van der Waals surface area contributed by atoms with Gasteiger partial charge >= 0.3 is 0 Å². The van der Waals surface area contributed by atoms with Gasteiger partial charge in [0.1, 0.15) is 10.6 Å². The summed E-state index contributed by atoms with van der Waals surface area (Å²) in [6.45, 7) is 2.64. The minimum atomic E-state index is 0.00358. The molecule has 0 unspecified atom stereocenters. The molecule has 1 aliphatic carbocycles. The molecule has 3 aromatic carbocycles. The van der Waals surface area contributed by atoms with E-state index < -0.39 is 0 Å². The Morgan fingerprint density at radius 3 is 2.39 bits per heavy atom. The van der Waals surface area contributed by atoms with Crippen LogP contribution in [0.5, 0.6) is 5.75 Å². The fourth-order valence-corrected chi connectivity index (χ4v) is 6.99. The minimum absolute atomic E-state index is 0.00358. The molecule has 0 atom stereocenters. The van der Waals surface area contributed by atoms with Crippen molar-refractivity contribution in [2.75, 3.05) is 14.2 Å². The van der Waals surface area contributed by atoms with Gasteiger partial charge in [0, 0.05) is 34.3 Å². The first kappa shape index (κ1) is 26.7. The van der Waals surface area contributed by atoms with Crippen LogP contribution in [0.3, 0.4) is 0 Å². The molecule has 1 aliphatic rings. The van der Waals surface area contributed by atoms with Gasteiger partial charge in [0.15, 0.2) is 0 Å². The Balaban J connectivity index is 1.51. The van der Waals surface area contributed by atoms with E-state index in [9.17, 15) is 4.79 Å². The molecule has 0 bridgehead atoms. The van der Waals surface area contributed by atoms with E-state index in [0.717, 1.165) is 64.6 Å². The number of hydrogen-bond donors (Lipinski definition) is 1. The van der Waals surface area contributed by atoms with Gasteiger partial charge in [-0.2, -0.15) is 0 Å². The number of nitrogens with zero attached hydrogens (tertiary/aromatic N) is 1. The van der Waals surface area contributed by atoms with Crippen LogP contribution in [-0.2, 0) is 13.0 Å². The zero-order valence-electron chi connectivity index (χ0n) is 22.3. The number of amides is 1. The van der Waals surface area contributed by atoms with Crippen LogP contribution in [0.4, 0.5) is 0 Å². The zero-order valence-corrected chi connectivity index (χ0v) is 23.9. The van der Waals surface area contributed by atoms with Crippen molar-refractivity contribution in [3.63, 3.8) is 0 Å². The molecule has 1 amide bonds. The molecule has 0 spiro atoms. The van der Waals surface area contributed by atoms with E-state index in [-0.39, 0.29) is 11.9 Å². The highest BCUT2D eigenvalue weighted by atomic mass is 35.5. The first-order valence-electron chi connectivity index (χ1n) is 13.4. The number of hydrogen-bond acceptors (Lipinski definition) is 4. The molecule has 1 heterocycles. The van der Waals surface area contributed by atoms with Crippen LogP contribution < -0.4 is 10.1 Å². The highest BCUT2D eigenvalue weighted by Crippen LogP contribution is 2.38. The largest absolute Gasteiger partial charge is 0.496 e. The Bertz CT molecular complexity index is 1410. The van der Waals surface area contributed by atoms with E-state index in [1.54, 1.807) is 7.11 Å². The predicted molar refractivity (Wildman–Crippen MR) is 160 cm³/mol. The number of carbonyl (C=O) groups is 1. The molecular weight excluding hydrogens is 512 g/mol. The maximum atomic E-state index is 14.2. The summed E-state index contributed by atoms with van der Waals surface area (Å²) in [7, 11) is 3.72. The number of ether oxygens (including phenoxy) is 1. The molecule has 1 aromatic heterocycles. The van der Waals surface area contributed by atoms with Crippen LogP contribution >= 0.6 is 22.9 Å². The van der Waals surface area contributed by atoms with Crippen molar-refractivity contribution in [2.24, 2.45) is 0 Å². The molecule has 1 fully saturated rings. The second-order valence-corrected chi connectivity index (χ2v) is 11.5. The molecule has 0 saturated heterocycles. The van der Waals surface area contributed by atoms with Crippen LogP contribution in [-0.4, -0.2) is 37.0 Å². The fraction of sp³-hybridized carbons (Fsp3) is 0.344. The van der Waals surface area contributed by atoms with E-state index in [1.165, 1.54) is 16.9 Å². The van der Waals surface area contributed by atoms with Crippen LogP contribution in [0, 0.1) is 0 Å². The zero-order chi connectivity index (χ0) is 26.6. The van der Waals surface area contributed by atoms with Crippen molar-refractivity contribution in [1.82, 2.24) is 10.2 Å². The second kappa shape index (κ2) is 11.9. The standard InChI is InChI=1S/C32H35ClN2O2S/c1-4-21-9-11-22(12-10-21)23-13-18-28(37-3)24(19-23)20-35(26-16-14-25(34-2)15-17-26)32(36)31-30(33)27-7-5-6-8-29(27)38-31/h5-13,18-19,25-26,34H,4,14-17,20H2,1-3H3. The molecule has 4 aromatic rings. The lowest BCUT2D eigenvalue weighted by Crippen LogP contribution is -2.44. The SMILES string of the molecule is CCc1ccc(-c2ccc(OC)c(CN(C(=O)c3sc4ccccc4c3Cl)C3CCC(NC)CC3)c2)cc1. The van der Waals surface area contributed by atoms with Crippen molar-refractivity contribution in [1.29, 1.82) is 0 Å². The van der Waals surface area contributed by atoms with Crippen molar-refractivity contribution < 1.29 is 9.53 Å². The third-order valence-electron chi connectivity index (χ3n) is 7.85. The van der Waals surface area contributed by atoms with E-state index in [2.05, 4.69) is 48.6 Å². The molecule has 1 N–H and O–H groups in total. The molecule has 5 rings (SSSR count). The summed E-state index contributed by atoms with van der Waals surface area (Å²) in [5, 5.41) is 4.91. The van der Waals surface area contributed by atoms with Gasteiger partial charge in [-0.25, -0.2) is 0 Å². The first-order valence-corrected chi connectivity index (χ1v) is 14.6. The molecular formula is C32H35ClN2O2S. The summed E-state index contributed by atoms with van der Waals surface area (Å²) in [6.07, 6.45) is 5.03. The topological polar surface area (TPSA) is 41.6 Å². The van der Waals surface area contributed by atoms with Crippen molar-refractivity contribution in [2.45, 2.75) is 57.7 Å². The fourth-order valence-electron chi connectivity index (χ4n) is 5.52. The lowest BCUT2D eigenvalue weighted by molar-refractivity contribution is 0.0604. The summed E-state index contributed by atoms with van der Waals surface area (Å²) in [4.78, 5) is 16.9. The summed E-state index contributed by atoms with van der Waals surface area (Å²) in [5.74, 6) is 0.798. The number of methoxy groups -OCH3 is 1. The second-order valence-electron chi connectivity index (χ2n) is 10.0. The van der Waals surface area contributed by atoms with Gasteiger partial charge < -0.3 is 15.0 Å². The van der Waals surface area contributed by atoms with Crippen molar-refractivity contribution >= 4 is 38.9 Å². The number of fused-ring (bicyclic) bond motifs is 1. The summed E-state index contributed by atoms with van der Waals surface area (Å²) in [5.41, 5.74) is 4.60. The van der Waals surface area contributed by atoms with E-state index in [1.807, 2.05) is 42.3 Å². The number of benzene rings is 3. The minimum Gasteiger partial charge on any atom is -0.496 e. The summed E-state index contributed by atoms with van der Waals surface area (Å²) in [6, 6.07) is 23.6. The monoisotopic (exact) mass is 546 g/mol. The number of thiophene rings is 1. The van der Waals surface area contributed by atoms with Crippen molar-refractivity contribution in [3.8, 4) is 16.9 Å². The van der Waals surface area contributed by atoms with Gasteiger partial charge in [-0.05, 0) is 74.0 Å². The molecule has 38 heavy (non-hydrogen) atoms. The maximum absolute atomic E-state index is 14.2. The number of carbonyl (C=O) groups excluding carboxylic acids is 1. The van der Waals surface area contributed by atoms with Gasteiger partial charge in [0.2, 0.25) is 0 Å². The lowest BCUT2D eigenvalue weighted by Gasteiger charge is -2.37. The molecule has 4 nitrogen and oxygen atoms in total. The van der Waals surface area contributed by atoms with Crippen LogP contribution in [0.1, 0.15) is 53.4 Å². The van der Waals surface area contributed by atoms with E-state index in [0.29, 0.717) is 22.5 Å². The Morgan fingerprint density at radius 1 is 1.03 bits per heavy atom. The van der Waals surface area contributed by atoms with Gasteiger partial charge in [-0.15, -0.1) is 11.3 Å². The summed E-state index contributed by atoms with van der Waals surface area (Å²) < 4.78 is 6.82. The van der Waals surface area contributed by atoms with Gasteiger partial charge in [-0.3, -0.25) is 4.79 Å². The molecule has 6 heteroatoms. The Labute approximate surface area is 234 Å². The first-order chi connectivity index (χ1) is 18.5. The molecule has 0 aliphatic heterocycles. The maximum Gasteiger partial charge on any atom is 0.266 e. The molecule has 1 saturated carbocycles. The van der Waals surface area contributed by atoms with Crippen LogP contribution in [0.2, 0.25) is 5.02 Å². The van der Waals surface area contributed by atoms with Crippen LogP contribution in [0.15, 0.2) is 66.7 Å². The average Bonchev–Trinajstić information content (AvgIpc) is 3.32.